The second-order valence-corrected chi connectivity index (χ2v) is 5.23. The topological polar surface area (TPSA) is 47.6 Å². The van der Waals surface area contributed by atoms with Crippen molar-refractivity contribution in [2.24, 2.45) is 0 Å². The third-order valence-electron chi connectivity index (χ3n) is 3.31. The van der Waals surface area contributed by atoms with E-state index in [1.54, 1.807) is 6.07 Å². The molecule has 0 aliphatic carbocycles. The normalized spacial score (nSPS) is 10.3. The van der Waals surface area contributed by atoms with Crippen LogP contribution in [0.1, 0.15) is 15.9 Å². The number of amides is 1. The van der Waals surface area contributed by atoms with Crippen LogP contribution >= 0.6 is 11.6 Å². The lowest BCUT2D eigenvalue weighted by Gasteiger charge is -2.13. The smallest absolute Gasteiger partial charge is 0.258 e. The maximum atomic E-state index is 14.0. The summed E-state index contributed by atoms with van der Waals surface area (Å²) in [6.45, 7) is 0.346. The highest BCUT2D eigenvalue weighted by atomic mass is 35.5. The highest BCUT2D eigenvalue weighted by Gasteiger charge is 2.21. The lowest BCUT2D eigenvalue weighted by Crippen LogP contribution is -2.27. The van der Waals surface area contributed by atoms with E-state index in [0.717, 1.165) is 5.56 Å². The van der Waals surface area contributed by atoms with Gasteiger partial charge in [0.2, 0.25) is 0 Å². The highest BCUT2D eigenvalue weighted by Crippen LogP contribution is 2.32. The summed E-state index contributed by atoms with van der Waals surface area (Å²) in [5, 5.41) is 3.31. The summed E-state index contributed by atoms with van der Waals surface area (Å²) in [5.74, 6) is -0.843. The number of ether oxygens (including phenoxy) is 2. The van der Waals surface area contributed by atoms with Crippen LogP contribution in [0.2, 0.25) is 5.02 Å². The Morgan fingerprint density at radius 2 is 2.00 bits per heavy atom. The van der Waals surface area contributed by atoms with Gasteiger partial charge in [0.15, 0.2) is 11.5 Å². The van der Waals surface area contributed by atoms with E-state index in [1.165, 1.54) is 26.4 Å². The Kier molecular flexibility index (Phi) is 5.82. The molecule has 6 heteroatoms. The van der Waals surface area contributed by atoms with E-state index in [9.17, 15) is 9.18 Å². The number of carbonyl (C=O) groups is 1. The number of hydrogen-bond donors (Lipinski definition) is 1. The van der Waals surface area contributed by atoms with Crippen LogP contribution in [0.4, 0.5) is 4.39 Å². The van der Waals surface area contributed by atoms with Crippen molar-refractivity contribution < 1.29 is 18.7 Å². The average Bonchev–Trinajstić information content (AvgIpc) is 2.54. The summed E-state index contributed by atoms with van der Waals surface area (Å²) in [7, 11) is 2.79. The number of methoxy groups -OCH3 is 2. The summed E-state index contributed by atoms with van der Waals surface area (Å²) in [6, 6.07) is 9.93. The minimum absolute atomic E-state index is 0.0766. The quantitative estimate of drug-likeness (QED) is 0.878. The van der Waals surface area contributed by atoms with Crippen LogP contribution in [0.3, 0.4) is 0 Å². The number of carbonyl (C=O) groups excluding carboxylic acids is 1. The van der Waals surface area contributed by atoms with Crippen molar-refractivity contribution in [2.45, 2.75) is 6.42 Å². The maximum absolute atomic E-state index is 14.0. The van der Waals surface area contributed by atoms with E-state index < -0.39 is 11.7 Å². The summed E-state index contributed by atoms with van der Waals surface area (Å²) in [5.41, 5.74) is 0.814. The molecule has 0 bridgehead atoms. The van der Waals surface area contributed by atoms with Crippen molar-refractivity contribution in [1.29, 1.82) is 0 Å². The van der Waals surface area contributed by atoms with Crippen LogP contribution in [-0.2, 0) is 6.42 Å². The predicted molar refractivity (Wildman–Crippen MR) is 87.0 cm³/mol. The van der Waals surface area contributed by atoms with E-state index in [2.05, 4.69) is 5.32 Å². The molecule has 1 amide bonds. The van der Waals surface area contributed by atoms with Gasteiger partial charge in [0.1, 0.15) is 11.4 Å². The lowest BCUT2D eigenvalue weighted by atomic mass is 10.1. The molecule has 0 saturated carbocycles. The summed E-state index contributed by atoms with van der Waals surface area (Å²) >= 11 is 5.91. The fraction of sp³-hybridized carbons (Fsp3) is 0.235. The van der Waals surface area contributed by atoms with E-state index in [4.69, 9.17) is 21.1 Å². The van der Waals surface area contributed by atoms with Gasteiger partial charge in [-0.3, -0.25) is 4.79 Å². The molecule has 0 heterocycles. The van der Waals surface area contributed by atoms with Crippen molar-refractivity contribution >= 4 is 17.5 Å². The zero-order chi connectivity index (χ0) is 16.8. The zero-order valence-corrected chi connectivity index (χ0v) is 13.6. The van der Waals surface area contributed by atoms with Gasteiger partial charge in [0, 0.05) is 11.6 Å². The van der Waals surface area contributed by atoms with Crippen molar-refractivity contribution in [3.05, 3.63) is 58.4 Å². The first-order chi connectivity index (χ1) is 11.1. The predicted octanol–water partition coefficient (Wildman–Crippen LogP) is 3.47. The SMILES string of the molecule is COc1ccc(F)c(C(=O)NCCc2cccc(Cl)c2)c1OC. The summed E-state index contributed by atoms with van der Waals surface area (Å²) in [4.78, 5) is 12.3. The Labute approximate surface area is 139 Å². The van der Waals surface area contributed by atoms with E-state index in [0.29, 0.717) is 23.7 Å². The number of halogens is 2. The fourth-order valence-corrected chi connectivity index (χ4v) is 2.43. The first kappa shape index (κ1) is 17.1. The third-order valence-corrected chi connectivity index (χ3v) is 3.55. The van der Waals surface area contributed by atoms with Gasteiger partial charge in [0.05, 0.1) is 14.2 Å². The molecule has 122 valence electrons. The molecule has 2 aromatic carbocycles. The molecular formula is C17H17ClFNO3. The molecule has 0 aliphatic heterocycles. The number of rotatable bonds is 6. The molecule has 2 rings (SSSR count). The van der Waals surface area contributed by atoms with Gasteiger partial charge in [-0.25, -0.2) is 4.39 Å². The number of benzene rings is 2. The van der Waals surface area contributed by atoms with Crippen molar-refractivity contribution in [1.82, 2.24) is 5.32 Å². The molecule has 0 aromatic heterocycles. The van der Waals surface area contributed by atoms with E-state index >= 15 is 0 Å². The maximum Gasteiger partial charge on any atom is 0.258 e. The standard InChI is InChI=1S/C17H17ClFNO3/c1-22-14-7-6-13(19)15(16(14)23-2)17(21)20-9-8-11-4-3-5-12(18)10-11/h3-7,10H,8-9H2,1-2H3,(H,20,21). The second kappa shape index (κ2) is 7.83. The Bertz CT molecular complexity index is 706. The second-order valence-electron chi connectivity index (χ2n) is 4.79. The van der Waals surface area contributed by atoms with Gasteiger partial charge in [0.25, 0.3) is 5.91 Å². The zero-order valence-electron chi connectivity index (χ0n) is 12.9. The molecule has 0 aliphatic rings. The van der Waals surface area contributed by atoms with Gasteiger partial charge < -0.3 is 14.8 Å². The molecule has 0 spiro atoms. The van der Waals surface area contributed by atoms with Crippen molar-refractivity contribution in [2.75, 3.05) is 20.8 Å². The summed E-state index contributed by atoms with van der Waals surface area (Å²) in [6.07, 6.45) is 0.584. The van der Waals surface area contributed by atoms with Gasteiger partial charge in [-0.2, -0.15) is 0 Å². The molecule has 0 unspecified atom stereocenters. The molecule has 23 heavy (non-hydrogen) atoms. The molecular weight excluding hydrogens is 321 g/mol. The van der Waals surface area contributed by atoms with Crippen molar-refractivity contribution in [3.63, 3.8) is 0 Å². The monoisotopic (exact) mass is 337 g/mol. The van der Waals surface area contributed by atoms with Gasteiger partial charge >= 0.3 is 0 Å². The van der Waals surface area contributed by atoms with Crippen LogP contribution in [0.25, 0.3) is 0 Å². The van der Waals surface area contributed by atoms with Crippen LogP contribution in [-0.4, -0.2) is 26.7 Å². The molecule has 1 N–H and O–H groups in total. The van der Waals surface area contributed by atoms with E-state index in [-0.39, 0.29) is 11.3 Å². The highest BCUT2D eigenvalue weighted by molar-refractivity contribution is 6.30. The largest absolute Gasteiger partial charge is 0.493 e. The number of nitrogens with one attached hydrogen (secondary N) is 1. The first-order valence-corrected chi connectivity index (χ1v) is 7.37. The molecule has 0 fully saturated rings. The van der Waals surface area contributed by atoms with Gasteiger partial charge in [-0.15, -0.1) is 0 Å². The van der Waals surface area contributed by atoms with Crippen LogP contribution in [0.15, 0.2) is 36.4 Å². The molecule has 0 saturated heterocycles. The van der Waals surface area contributed by atoms with Crippen LogP contribution in [0.5, 0.6) is 11.5 Å². The lowest BCUT2D eigenvalue weighted by molar-refractivity contribution is 0.0946. The third kappa shape index (κ3) is 4.13. The molecule has 2 aromatic rings. The Hall–Kier alpha value is -2.27. The van der Waals surface area contributed by atoms with Crippen LogP contribution in [0, 0.1) is 5.82 Å². The Morgan fingerprint density at radius 3 is 2.65 bits per heavy atom. The van der Waals surface area contributed by atoms with Crippen molar-refractivity contribution in [3.8, 4) is 11.5 Å². The minimum atomic E-state index is -0.664. The van der Waals surface area contributed by atoms with Crippen LogP contribution < -0.4 is 14.8 Å². The van der Waals surface area contributed by atoms with Gasteiger partial charge in [-0.1, -0.05) is 23.7 Å². The first-order valence-electron chi connectivity index (χ1n) is 7.00. The Balaban J connectivity index is 2.09. The molecule has 0 atom stereocenters. The molecule has 4 nitrogen and oxygen atoms in total. The average molecular weight is 338 g/mol. The molecule has 0 radical (unpaired) electrons. The van der Waals surface area contributed by atoms with Gasteiger partial charge in [-0.05, 0) is 36.2 Å². The fourth-order valence-electron chi connectivity index (χ4n) is 2.22. The summed E-state index contributed by atoms with van der Waals surface area (Å²) < 4.78 is 24.2. The minimum Gasteiger partial charge on any atom is -0.493 e. The number of hydrogen-bond acceptors (Lipinski definition) is 3. The van der Waals surface area contributed by atoms with E-state index in [1.807, 2.05) is 18.2 Å². The Morgan fingerprint density at radius 1 is 1.22 bits per heavy atom.